The molecule has 1 rings (SSSR count). The summed E-state index contributed by atoms with van der Waals surface area (Å²) in [7, 11) is 0. The van der Waals surface area contributed by atoms with E-state index in [2.05, 4.69) is 6.58 Å². The van der Waals surface area contributed by atoms with Crippen LogP contribution in [0.3, 0.4) is 0 Å². The number of ether oxygens (including phenoxy) is 2. The average molecular weight is 234 g/mol. The zero-order valence-corrected chi connectivity index (χ0v) is 10.9. The van der Waals surface area contributed by atoms with Gasteiger partial charge in [0, 0.05) is 13.2 Å². The summed E-state index contributed by atoms with van der Waals surface area (Å²) < 4.78 is 10.9. The van der Waals surface area contributed by atoms with Crippen molar-refractivity contribution in [3.8, 4) is 5.75 Å². The first-order valence-corrected chi connectivity index (χ1v) is 6.20. The van der Waals surface area contributed by atoms with Crippen LogP contribution in [0.2, 0.25) is 0 Å². The summed E-state index contributed by atoms with van der Waals surface area (Å²) in [6.45, 7) is 10.3. The molecule has 0 heterocycles. The Morgan fingerprint density at radius 1 is 1.24 bits per heavy atom. The van der Waals surface area contributed by atoms with Crippen molar-refractivity contribution in [1.82, 2.24) is 0 Å². The second kappa shape index (κ2) is 7.91. The monoisotopic (exact) mass is 234 g/mol. The third-order valence-electron chi connectivity index (χ3n) is 2.48. The van der Waals surface area contributed by atoms with Crippen molar-refractivity contribution in [3.05, 3.63) is 36.4 Å². The van der Waals surface area contributed by atoms with Gasteiger partial charge in [-0.3, -0.25) is 0 Å². The highest BCUT2D eigenvalue weighted by molar-refractivity contribution is 5.62. The van der Waals surface area contributed by atoms with E-state index in [4.69, 9.17) is 9.47 Å². The highest BCUT2D eigenvalue weighted by atomic mass is 16.5. The number of hydrogen-bond acceptors (Lipinski definition) is 2. The van der Waals surface area contributed by atoms with E-state index in [1.54, 1.807) is 0 Å². The highest BCUT2D eigenvalue weighted by Gasteiger charge is 1.97. The minimum absolute atomic E-state index is 0.743. The fourth-order valence-electron chi connectivity index (χ4n) is 1.49. The van der Waals surface area contributed by atoms with Crippen LogP contribution in [0.4, 0.5) is 0 Å². The Kier molecular flexibility index (Phi) is 6.41. The van der Waals surface area contributed by atoms with Crippen LogP contribution in [0.1, 0.15) is 32.3 Å². The number of benzene rings is 1. The zero-order chi connectivity index (χ0) is 12.5. The molecule has 1 aromatic rings. The van der Waals surface area contributed by atoms with Gasteiger partial charge >= 0.3 is 0 Å². The topological polar surface area (TPSA) is 18.5 Å². The van der Waals surface area contributed by atoms with Crippen molar-refractivity contribution in [2.45, 2.75) is 26.7 Å². The first-order chi connectivity index (χ1) is 8.24. The van der Waals surface area contributed by atoms with Gasteiger partial charge in [0.25, 0.3) is 0 Å². The molecule has 0 amide bonds. The van der Waals surface area contributed by atoms with Gasteiger partial charge in [-0.25, -0.2) is 0 Å². The van der Waals surface area contributed by atoms with E-state index in [1.165, 1.54) is 0 Å². The fraction of sp³-hybridized carbons (Fsp3) is 0.467. The Bertz CT molecular complexity index is 345. The molecule has 0 saturated carbocycles. The predicted molar refractivity (Wildman–Crippen MR) is 72.4 cm³/mol. The standard InChI is InChI=1S/C15H22O2/c1-4-16-10-5-6-11-17-15-9-7-8-14(12-15)13(2)3/h7-9,12H,2,4-6,10-11H2,1,3H3. The highest BCUT2D eigenvalue weighted by Crippen LogP contribution is 2.18. The third-order valence-corrected chi connectivity index (χ3v) is 2.48. The lowest BCUT2D eigenvalue weighted by Crippen LogP contribution is -2.00. The fourth-order valence-corrected chi connectivity index (χ4v) is 1.49. The van der Waals surface area contributed by atoms with Crippen LogP contribution >= 0.6 is 0 Å². The summed E-state index contributed by atoms with van der Waals surface area (Å²) in [5.41, 5.74) is 2.20. The average Bonchev–Trinajstić information content (AvgIpc) is 2.34. The molecule has 0 aliphatic rings. The molecule has 0 unspecified atom stereocenters. The van der Waals surface area contributed by atoms with E-state index in [0.717, 1.165) is 49.5 Å². The smallest absolute Gasteiger partial charge is 0.119 e. The molecule has 0 saturated heterocycles. The summed E-state index contributed by atoms with van der Waals surface area (Å²) in [5.74, 6) is 0.918. The zero-order valence-electron chi connectivity index (χ0n) is 10.9. The van der Waals surface area contributed by atoms with Gasteiger partial charge in [0.1, 0.15) is 5.75 Å². The molecule has 0 radical (unpaired) electrons. The Morgan fingerprint density at radius 2 is 2.00 bits per heavy atom. The maximum absolute atomic E-state index is 5.68. The van der Waals surface area contributed by atoms with Gasteiger partial charge in [-0.1, -0.05) is 24.3 Å². The van der Waals surface area contributed by atoms with E-state index in [-0.39, 0.29) is 0 Å². The SMILES string of the molecule is C=C(C)c1cccc(OCCCCOCC)c1. The molecule has 0 atom stereocenters. The van der Waals surface area contributed by atoms with Crippen molar-refractivity contribution >= 4 is 5.57 Å². The maximum Gasteiger partial charge on any atom is 0.119 e. The summed E-state index contributed by atoms with van der Waals surface area (Å²) >= 11 is 0. The number of rotatable bonds is 8. The molecular formula is C15H22O2. The van der Waals surface area contributed by atoms with Gasteiger partial charge in [0.15, 0.2) is 0 Å². The molecular weight excluding hydrogens is 212 g/mol. The normalized spacial score (nSPS) is 10.2. The molecule has 0 fully saturated rings. The van der Waals surface area contributed by atoms with Gasteiger partial charge in [-0.05, 0) is 44.4 Å². The van der Waals surface area contributed by atoms with Crippen LogP contribution in [0, 0.1) is 0 Å². The summed E-state index contributed by atoms with van der Waals surface area (Å²) in [6.07, 6.45) is 2.07. The van der Waals surface area contributed by atoms with Gasteiger partial charge in [-0.15, -0.1) is 0 Å². The lowest BCUT2D eigenvalue weighted by Gasteiger charge is -2.08. The van der Waals surface area contributed by atoms with E-state index in [1.807, 2.05) is 38.1 Å². The Morgan fingerprint density at radius 3 is 2.71 bits per heavy atom. The molecule has 94 valence electrons. The summed E-state index contributed by atoms with van der Waals surface area (Å²) in [5, 5.41) is 0. The molecule has 0 aliphatic carbocycles. The van der Waals surface area contributed by atoms with Gasteiger partial charge in [0.2, 0.25) is 0 Å². The van der Waals surface area contributed by atoms with Crippen molar-refractivity contribution in [2.24, 2.45) is 0 Å². The molecule has 17 heavy (non-hydrogen) atoms. The van der Waals surface area contributed by atoms with Crippen molar-refractivity contribution in [1.29, 1.82) is 0 Å². The van der Waals surface area contributed by atoms with Gasteiger partial charge in [0.05, 0.1) is 6.61 Å². The van der Waals surface area contributed by atoms with Gasteiger partial charge in [-0.2, -0.15) is 0 Å². The van der Waals surface area contributed by atoms with Crippen LogP contribution in [0.5, 0.6) is 5.75 Å². The first-order valence-electron chi connectivity index (χ1n) is 6.20. The van der Waals surface area contributed by atoms with Crippen molar-refractivity contribution in [3.63, 3.8) is 0 Å². The molecule has 1 aromatic carbocycles. The van der Waals surface area contributed by atoms with E-state index < -0.39 is 0 Å². The van der Waals surface area contributed by atoms with Gasteiger partial charge < -0.3 is 9.47 Å². The molecule has 0 bridgehead atoms. The third kappa shape index (κ3) is 5.55. The van der Waals surface area contributed by atoms with E-state index in [9.17, 15) is 0 Å². The van der Waals surface area contributed by atoms with Crippen LogP contribution in [-0.2, 0) is 4.74 Å². The predicted octanol–water partition coefficient (Wildman–Crippen LogP) is 3.92. The van der Waals surface area contributed by atoms with Crippen molar-refractivity contribution < 1.29 is 9.47 Å². The lowest BCUT2D eigenvalue weighted by atomic mass is 10.1. The van der Waals surface area contributed by atoms with Crippen molar-refractivity contribution in [2.75, 3.05) is 19.8 Å². The molecule has 0 N–H and O–H groups in total. The van der Waals surface area contributed by atoms with E-state index in [0.29, 0.717) is 0 Å². The minimum atomic E-state index is 0.743. The molecule has 0 aliphatic heterocycles. The number of unbranched alkanes of at least 4 members (excludes halogenated alkanes) is 1. The van der Waals surface area contributed by atoms with E-state index >= 15 is 0 Å². The Labute approximate surface area is 104 Å². The minimum Gasteiger partial charge on any atom is -0.494 e. The Hall–Kier alpha value is -1.28. The quantitative estimate of drug-likeness (QED) is 0.635. The first kappa shape index (κ1) is 13.8. The Balaban J connectivity index is 2.27. The van der Waals surface area contributed by atoms with Crippen LogP contribution < -0.4 is 4.74 Å². The van der Waals surface area contributed by atoms with Crippen LogP contribution in [0.15, 0.2) is 30.8 Å². The second-order valence-electron chi connectivity index (χ2n) is 4.06. The van der Waals surface area contributed by atoms with Crippen LogP contribution in [-0.4, -0.2) is 19.8 Å². The maximum atomic E-state index is 5.68. The molecule has 2 heteroatoms. The molecule has 2 nitrogen and oxygen atoms in total. The number of allylic oxidation sites excluding steroid dienone is 1. The largest absolute Gasteiger partial charge is 0.494 e. The molecule has 0 aromatic heterocycles. The number of hydrogen-bond donors (Lipinski definition) is 0. The van der Waals surface area contributed by atoms with Crippen LogP contribution in [0.25, 0.3) is 5.57 Å². The second-order valence-corrected chi connectivity index (χ2v) is 4.06. The summed E-state index contributed by atoms with van der Waals surface area (Å²) in [6, 6.07) is 8.06. The lowest BCUT2D eigenvalue weighted by molar-refractivity contribution is 0.138. The summed E-state index contributed by atoms with van der Waals surface area (Å²) in [4.78, 5) is 0. The molecule has 0 spiro atoms.